The highest BCUT2D eigenvalue weighted by Crippen LogP contribution is 2.19. The van der Waals surface area contributed by atoms with Gasteiger partial charge < -0.3 is 10.0 Å². The fourth-order valence-corrected chi connectivity index (χ4v) is 2.15. The van der Waals surface area contributed by atoms with Crippen LogP contribution in [0, 0.1) is 13.8 Å². The summed E-state index contributed by atoms with van der Waals surface area (Å²) in [4.78, 5) is 21.0. The monoisotopic (exact) mass is 271 g/mol. The molecular formula is C15H17N3O2. The van der Waals surface area contributed by atoms with E-state index in [0.29, 0.717) is 12.2 Å². The number of carboxylic acids is 1. The Morgan fingerprint density at radius 2 is 1.90 bits per heavy atom. The molecular weight excluding hydrogens is 254 g/mol. The van der Waals surface area contributed by atoms with Gasteiger partial charge in [0.25, 0.3) is 0 Å². The van der Waals surface area contributed by atoms with Gasteiger partial charge in [-0.15, -0.1) is 0 Å². The number of nitrogens with zero attached hydrogens (tertiary/aromatic N) is 3. The molecule has 1 N–H and O–H groups in total. The number of carboxylic acid groups (broad SMARTS) is 1. The van der Waals surface area contributed by atoms with Gasteiger partial charge in [-0.1, -0.05) is 6.07 Å². The third-order valence-electron chi connectivity index (χ3n) is 3.06. The molecule has 0 spiro atoms. The number of hydrogen-bond acceptors (Lipinski definition) is 4. The zero-order valence-corrected chi connectivity index (χ0v) is 11.8. The molecule has 5 heteroatoms. The van der Waals surface area contributed by atoms with Crippen LogP contribution in [0.25, 0.3) is 0 Å². The average molecular weight is 271 g/mol. The first kappa shape index (κ1) is 14.0. The number of carbonyl (C=O) groups is 1. The highest BCUT2D eigenvalue weighted by molar-refractivity contribution is 5.88. The van der Waals surface area contributed by atoms with Crippen LogP contribution in [-0.2, 0) is 6.54 Å². The molecule has 0 aliphatic heterocycles. The van der Waals surface area contributed by atoms with Crippen molar-refractivity contribution in [2.75, 3.05) is 11.9 Å². The summed E-state index contributed by atoms with van der Waals surface area (Å²) in [7, 11) is 1.92. The summed E-state index contributed by atoms with van der Waals surface area (Å²) in [5.74, 6) is -1.01. The maximum absolute atomic E-state index is 11.1. The predicted octanol–water partition coefficient (Wildman–Crippen LogP) is 2.43. The average Bonchev–Trinajstić information content (AvgIpc) is 2.37. The summed E-state index contributed by atoms with van der Waals surface area (Å²) in [5, 5.41) is 9.14. The van der Waals surface area contributed by atoms with E-state index in [1.165, 1.54) is 23.7 Å². The fourth-order valence-electron chi connectivity index (χ4n) is 2.15. The van der Waals surface area contributed by atoms with E-state index < -0.39 is 5.97 Å². The first-order valence-electron chi connectivity index (χ1n) is 6.29. The quantitative estimate of drug-likeness (QED) is 0.925. The van der Waals surface area contributed by atoms with Crippen LogP contribution < -0.4 is 4.90 Å². The lowest BCUT2D eigenvalue weighted by Crippen LogP contribution is -2.20. The van der Waals surface area contributed by atoms with Crippen molar-refractivity contribution >= 4 is 11.7 Å². The van der Waals surface area contributed by atoms with Crippen molar-refractivity contribution in [3.63, 3.8) is 0 Å². The standard InChI is InChI=1S/C15H17N3O2/c1-10-4-11(2)6-12(5-10)18(3)8-14-13(15(19)20)7-16-9-17-14/h4-7,9H,8H2,1-3H3,(H,19,20). The van der Waals surface area contributed by atoms with Crippen molar-refractivity contribution in [2.45, 2.75) is 20.4 Å². The number of aryl methyl sites for hydroxylation is 2. The molecule has 0 aliphatic carbocycles. The van der Waals surface area contributed by atoms with Crippen LogP contribution >= 0.6 is 0 Å². The van der Waals surface area contributed by atoms with Gasteiger partial charge >= 0.3 is 5.97 Å². The van der Waals surface area contributed by atoms with E-state index in [4.69, 9.17) is 5.11 Å². The highest BCUT2D eigenvalue weighted by atomic mass is 16.4. The summed E-state index contributed by atoms with van der Waals surface area (Å²) in [6.07, 6.45) is 2.71. The van der Waals surface area contributed by atoms with Crippen LogP contribution in [0.15, 0.2) is 30.7 Å². The summed E-state index contributed by atoms with van der Waals surface area (Å²) in [6, 6.07) is 6.23. The molecule has 0 aliphatic rings. The van der Waals surface area contributed by atoms with E-state index in [1.54, 1.807) is 0 Å². The van der Waals surface area contributed by atoms with Crippen molar-refractivity contribution in [2.24, 2.45) is 0 Å². The summed E-state index contributed by atoms with van der Waals surface area (Å²) >= 11 is 0. The van der Waals surface area contributed by atoms with Gasteiger partial charge in [-0.3, -0.25) is 0 Å². The Morgan fingerprint density at radius 3 is 2.50 bits per heavy atom. The van der Waals surface area contributed by atoms with Gasteiger partial charge in [-0.05, 0) is 37.1 Å². The molecule has 0 saturated heterocycles. The number of rotatable bonds is 4. The second-order valence-corrected chi connectivity index (χ2v) is 4.89. The molecule has 2 rings (SSSR count). The zero-order valence-electron chi connectivity index (χ0n) is 11.8. The first-order valence-corrected chi connectivity index (χ1v) is 6.29. The Bertz CT molecular complexity index is 621. The molecule has 0 bridgehead atoms. The van der Waals surface area contributed by atoms with Gasteiger partial charge in [-0.2, -0.15) is 0 Å². The maximum Gasteiger partial charge on any atom is 0.339 e. The molecule has 0 fully saturated rings. The molecule has 1 aromatic heterocycles. The Kier molecular flexibility index (Phi) is 3.98. The Labute approximate surface area is 117 Å². The van der Waals surface area contributed by atoms with E-state index in [0.717, 1.165) is 5.69 Å². The Balaban J connectivity index is 2.28. The number of benzene rings is 1. The maximum atomic E-state index is 11.1. The molecule has 0 amide bonds. The van der Waals surface area contributed by atoms with E-state index >= 15 is 0 Å². The molecule has 1 aromatic carbocycles. The van der Waals surface area contributed by atoms with Gasteiger partial charge in [-0.25, -0.2) is 14.8 Å². The van der Waals surface area contributed by atoms with Crippen LogP contribution in [0.5, 0.6) is 0 Å². The first-order chi connectivity index (χ1) is 9.47. The lowest BCUT2D eigenvalue weighted by atomic mass is 10.1. The van der Waals surface area contributed by atoms with Gasteiger partial charge in [0, 0.05) is 18.9 Å². The Hall–Kier alpha value is -2.43. The fraction of sp³-hybridized carbons (Fsp3) is 0.267. The molecule has 1 heterocycles. The third kappa shape index (κ3) is 3.12. The smallest absolute Gasteiger partial charge is 0.339 e. The van der Waals surface area contributed by atoms with Crippen molar-refractivity contribution in [1.29, 1.82) is 0 Å². The second kappa shape index (κ2) is 5.69. The van der Waals surface area contributed by atoms with Crippen molar-refractivity contribution in [3.8, 4) is 0 Å². The molecule has 104 valence electrons. The van der Waals surface area contributed by atoms with Gasteiger partial charge in [0.15, 0.2) is 0 Å². The lowest BCUT2D eigenvalue weighted by molar-refractivity contribution is 0.0694. The number of hydrogen-bond donors (Lipinski definition) is 1. The lowest BCUT2D eigenvalue weighted by Gasteiger charge is -2.20. The topological polar surface area (TPSA) is 66.3 Å². The van der Waals surface area contributed by atoms with Gasteiger partial charge in [0.1, 0.15) is 11.9 Å². The minimum absolute atomic E-state index is 0.142. The summed E-state index contributed by atoms with van der Waals surface area (Å²) in [6.45, 7) is 4.50. The minimum Gasteiger partial charge on any atom is -0.478 e. The zero-order chi connectivity index (χ0) is 14.7. The molecule has 20 heavy (non-hydrogen) atoms. The van der Waals surface area contributed by atoms with Crippen molar-refractivity contribution in [1.82, 2.24) is 9.97 Å². The van der Waals surface area contributed by atoms with E-state index in [9.17, 15) is 4.79 Å². The minimum atomic E-state index is -1.01. The molecule has 0 radical (unpaired) electrons. The number of aromatic nitrogens is 2. The predicted molar refractivity (Wildman–Crippen MR) is 77.0 cm³/mol. The third-order valence-corrected chi connectivity index (χ3v) is 3.06. The molecule has 0 atom stereocenters. The van der Waals surface area contributed by atoms with Crippen LogP contribution in [0.1, 0.15) is 27.2 Å². The van der Waals surface area contributed by atoms with Crippen LogP contribution in [-0.4, -0.2) is 28.1 Å². The van der Waals surface area contributed by atoms with E-state index in [1.807, 2.05) is 25.8 Å². The second-order valence-electron chi connectivity index (χ2n) is 4.89. The van der Waals surface area contributed by atoms with Crippen molar-refractivity contribution < 1.29 is 9.90 Å². The van der Waals surface area contributed by atoms with Crippen molar-refractivity contribution in [3.05, 3.63) is 53.1 Å². The molecule has 5 nitrogen and oxygen atoms in total. The Morgan fingerprint density at radius 1 is 1.25 bits per heavy atom. The highest BCUT2D eigenvalue weighted by Gasteiger charge is 2.13. The SMILES string of the molecule is Cc1cc(C)cc(N(C)Cc2ncncc2C(=O)O)c1. The van der Waals surface area contributed by atoms with Gasteiger partial charge in [0.05, 0.1) is 12.2 Å². The molecule has 0 unspecified atom stereocenters. The van der Waals surface area contributed by atoms with E-state index in [-0.39, 0.29) is 5.56 Å². The summed E-state index contributed by atoms with van der Waals surface area (Å²) < 4.78 is 0. The molecule has 2 aromatic rings. The van der Waals surface area contributed by atoms with Crippen LogP contribution in [0.4, 0.5) is 5.69 Å². The molecule has 0 saturated carbocycles. The van der Waals surface area contributed by atoms with Crippen LogP contribution in [0.3, 0.4) is 0 Å². The van der Waals surface area contributed by atoms with Gasteiger partial charge in [0.2, 0.25) is 0 Å². The van der Waals surface area contributed by atoms with E-state index in [2.05, 4.69) is 28.2 Å². The summed E-state index contributed by atoms with van der Waals surface area (Å²) in [5.41, 5.74) is 4.04. The number of anilines is 1. The largest absolute Gasteiger partial charge is 0.478 e. The number of aromatic carboxylic acids is 1. The normalized spacial score (nSPS) is 10.3. The van der Waals surface area contributed by atoms with Crippen LogP contribution in [0.2, 0.25) is 0 Å².